The van der Waals surface area contributed by atoms with Gasteiger partial charge in [0, 0.05) is 18.3 Å². The Morgan fingerprint density at radius 2 is 2.24 bits per heavy atom. The molecule has 114 valence electrons. The Hall–Kier alpha value is -1.31. The fourth-order valence-electron chi connectivity index (χ4n) is 2.72. The van der Waals surface area contributed by atoms with Gasteiger partial charge in [-0.05, 0) is 24.8 Å². The van der Waals surface area contributed by atoms with Gasteiger partial charge in [-0.3, -0.25) is 4.79 Å². The molecule has 0 saturated heterocycles. The second-order valence-electron chi connectivity index (χ2n) is 5.52. The predicted molar refractivity (Wildman–Crippen MR) is 86.4 cm³/mol. The van der Waals surface area contributed by atoms with Crippen LogP contribution in [-0.2, 0) is 0 Å². The van der Waals surface area contributed by atoms with Crippen molar-refractivity contribution in [3.63, 3.8) is 0 Å². The lowest BCUT2D eigenvalue weighted by molar-refractivity contribution is 0.0953. The van der Waals surface area contributed by atoms with Crippen LogP contribution in [0.1, 0.15) is 60.2 Å². The van der Waals surface area contributed by atoms with Gasteiger partial charge in [0.2, 0.25) is 0 Å². The van der Waals surface area contributed by atoms with Gasteiger partial charge >= 0.3 is 0 Å². The summed E-state index contributed by atoms with van der Waals surface area (Å²) < 4.78 is 0. The van der Waals surface area contributed by atoms with Crippen LogP contribution < -0.4 is 5.32 Å². The van der Waals surface area contributed by atoms with Crippen molar-refractivity contribution in [1.29, 1.82) is 0 Å². The molecule has 21 heavy (non-hydrogen) atoms. The first-order valence-corrected chi connectivity index (χ1v) is 8.64. The third-order valence-electron chi connectivity index (χ3n) is 3.86. The van der Waals surface area contributed by atoms with E-state index in [9.17, 15) is 4.79 Å². The number of aliphatic hydroxyl groups is 1. The Bertz CT molecular complexity index is 506. The molecule has 2 N–H and O–H groups in total. The zero-order valence-electron chi connectivity index (χ0n) is 12.4. The minimum absolute atomic E-state index is 0.00659. The number of hydrogen-bond donors (Lipinski definition) is 2. The molecule has 0 unspecified atom stereocenters. The van der Waals surface area contributed by atoms with Gasteiger partial charge in [0.15, 0.2) is 0 Å². The van der Waals surface area contributed by atoms with Gasteiger partial charge in [-0.15, -0.1) is 11.3 Å². The van der Waals surface area contributed by atoms with Crippen molar-refractivity contribution in [3.05, 3.63) is 21.9 Å². The van der Waals surface area contributed by atoms with Crippen LogP contribution in [0.25, 0.3) is 0 Å². The zero-order valence-corrected chi connectivity index (χ0v) is 13.2. The van der Waals surface area contributed by atoms with E-state index in [0.29, 0.717) is 12.0 Å². The number of carbonyl (C=O) groups excluding carboxylic acids is 1. The van der Waals surface area contributed by atoms with Crippen molar-refractivity contribution in [2.45, 2.75) is 44.9 Å². The van der Waals surface area contributed by atoms with Gasteiger partial charge in [-0.25, -0.2) is 0 Å². The molecule has 0 spiro atoms. The van der Waals surface area contributed by atoms with Crippen LogP contribution in [0, 0.1) is 17.8 Å². The fourth-order valence-corrected chi connectivity index (χ4v) is 3.48. The topological polar surface area (TPSA) is 49.3 Å². The Morgan fingerprint density at radius 3 is 3.00 bits per heavy atom. The minimum Gasteiger partial charge on any atom is -0.395 e. The summed E-state index contributed by atoms with van der Waals surface area (Å²) in [5.41, 5.74) is 0.689. The number of nitrogens with one attached hydrogen (secondary N) is 1. The number of thiophene rings is 1. The minimum atomic E-state index is -0.00659. The van der Waals surface area contributed by atoms with Gasteiger partial charge in [-0.2, -0.15) is 0 Å². The molecule has 0 bridgehead atoms. The lowest BCUT2D eigenvalue weighted by atomic mass is 10.0. The summed E-state index contributed by atoms with van der Waals surface area (Å²) in [6, 6.07) is 1.82. The molecule has 3 nitrogen and oxygen atoms in total. The Morgan fingerprint density at radius 1 is 1.43 bits per heavy atom. The van der Waals surface area contributed by atoms with Crippen LogP contribution in [0.2, 0.25) is 0 Å². The van der Waals surface area contributed by atoms with Gasteiger partial charge in [0.05, 0.1) is 17.0 Å². The second kappa shape index (κ2) is 8.86. The summed E-state index contributed by atoms with van der Waals surface area (Å²) in [4.78, 5) is 12.9. The predicted octanol–water partition coefficient (Wildman–Crippen LogP) is 3.18. The van der Waals surface area contributed by atoms with Gasteiger partial charge in [0.1, 0.15) is 0 Å². The molecular weight excluding hydrogens is 282 g/mol. The molecule has 1 aromatic rings. The van der Waals surface area contributed by atoms with E-state index in [-0.39, 0.29) is 12.5 Å². The normalized spacial score (nSPS) is 14.7. The highest BCUT2D eigenvalue weighted by molar-refractivity contribution is 7.10. The Labute approximate surface area is 130 Å². The third kappa shape index (κ3) is 5.53. The maximum Gasteiger partial charge on any atom is 0.252 e. The van der Waals surface area contributed by atoms with Crippen LogP contribution in [0.5, 0.6) is 0 Å². The average Bonchev–Trinajstić information content (AvgIpc) is 3.15. The van der Waals surface area contributed by atoms with Crippen LogP contribution in [-0.4, -0.2) is 24.2 Å². The largest absolute Gasteiger partial charge is 0.395 e. The molecule has 1 fully saturated rings. The summed E-state index contributed by atoms with van der Waals surface area (Å²) in [6.45, 7) is 0.837. The van der Waals surface area contributed by atoms with Crippen molar-refractivity contribution < 1.29 is 9.90 Å². The molecular formula is C17H23NO2S. The summed E-state index contributed by atoms with van der Waals surface area (Å²) in [6.07, 6.45) is 8.28. The smallest absolute Gasteiger partial charge is 0.252 e. The lowest BCUT2D eigenvalue weighted by Gasteiger charge is -2.08. The first-order chi connectivity index (χ1) is 10.3. The van der Waals surface area contributed by atoms with Crippen molar-refractivity contribution in [2.24, 2.45) is 5.92 Å². The van der Waals surface area contributed by atoms with Gasteiger partial charge in [-0.1, -0.05) is 37.5 Å². The maximum absolute atomic E-state index is 12.0. The molecule has 4 heteroatoms. The maximum atomic E-state index is 12.0. The van der Waals surface area contributed by atoms with E-state index in [2.05, 4.69) is 17.2 Å². The van der Waals surface area contributed by atoms with E-state index in [1.165, 1.54) is 43.4 Å². The van der Waals surface area contributed by atoms with Crippen molar-refractivity contribution >= 4 is 17.2 Å². The number of hydrogen-bond acceptors (Lipinski definition) is 3. The first kappa shape index (κ1) is 16.1. The number of carbonyl (C=O) groups is 1. The number of aliphatic hydroxyl groups excluding tert-OH is 1. The molecule has 1 amide bonds. The van der Waals surface area contributed by atoms with Crippen LogP contribution >= 0.6 is 11.3 Å². The number of amides is 1. The van der Waals surface area contributed by atoms with E-state index in [1.807, 2.05) is 11.4 Å². The zero-order chi connectivity index (χ0) is 14.9. The fraction of sp³-hybridized carbons (Fsp3) is 0.588. The lowest BCUT2D eigenvalue weighted by Crippen LogP contribution is -2.24. The number of rotatable bonds is 6. The van der Waals surface area contributed by atoms with E-state index >= 15 is 0 Å². The summed E-state index contributed by atoms with van der Waals surface area (Å²) in [5.74, 6) is 6.70. The molecule has 2 rings (SSSR count). The highest BCUT2D eigenvalue weighted by atomic mass is 32.1. The molecule has 1 aromatic heterocycles. The monoisotopic (exact) mass is 305 g/mol. The summed E-state index contributed by atoms with van der Waals surface area (Å²) in [5, 5.41) is 13.5. The summed E-state index contributed by atoms with van der Waals surface area (Å²) in [7, 11) is 0. The standard InChI is InChI=1S/C17H23NO2S/c19-11-4-3-9-16-12-15(13-21-16)17(20)18-10-5-8-14-6-1-2-7-14/h12-14,19H,1-2,4-8,10-11H2,(H,18,20). The average molecular weight is 305 g/mol. The second-order valence-corrected chi connectivity index (χ2v) is 6.43. The van der Waals surface area contributed by atoms with Gasteiger partial charge in [0.25, 0.3) is 5.91 Å². The van der Waals surface area contributed by atoms with Crippen LogP contribution in [0.15, 0.2) is 11.4 Å². The highest BCUT2D eigenvalue weighted by Crippen LogP contribution is 2.28. The summed E-state index contributed by atoms with van der Waals surface area (Å²) >= 11 is 1.47. The van der Waals surface area contributed by atoms with E-state index in [4.69, 9.17) is 5.11 Å². The molecule has 1 heterocycles. The van der Waals surface area contributed by atoms with E-state index < -0.39 is 0 Å². The molecule has 0 aromatic carbocycles. The molecule has 0 radical (unpaired) electrons. The molecule has 0 aliphatic heterocycles. The van der Waals surface area contributed by atoms with Crippen LogP contribution in [0.3, 0.4) is 0 Å². The highest BCUT2D eigenvalue weighted by Gasteiger charge is 2.14. The van der Waals surface area contributed by atoms with Crippen molar-refractivity contribution in [3.8, 4) is 11.8 Å². The van der Waals surface area contributed by atoms with Gasteiger partial charge < -0.3 is 10.4 Å². The van der Waals surface area contributed by atoms with E-state index in [1.54, 1.807) is 0 Å². The van der Waals surface area contributed by atoms with E-state index in [0.717, 1.165) is 23.8 Å². The molecule has 1 aliphatic carbocycles. The molecule has 0 atom stereocenters. The molecule has 1 saturated carbocycles. The molecule has 1 aliphatic rings. The Balaban J connectivity index is 1.69. The first-order valence-electron chi connectivity index (χ1n) is 7.76. The van der Waals surface area contributed by atoms with Crippen LogP contribution in [0.4, 0.5) is 0 Å². The quantitative estimate of drug-likeness (QED) is 0.626. The van der Waals surface area contributed by atoms with Crippen molar-refractivity contribution in [2.75, 3.05) is 13.2 Å². The Kier molecular flexibility index (Phi) is 6.78. The van der Waals surface area contributed by atoms with Crippen molar-refractivity contribution in [1.82, 2.24) is 5.32 Å². The SMILES string of the molecule is O=C(NCCCC1CCCC1)c1csc(C#CCCO)c1. The third-order valence-corrected chi connectivity index (χ3v) is 4.71.